The molecule has 5 atom stereocenters. The highest BCUT2D eigenvalue weighted by atomic mass is 32.2. The highest BCUT2D eigenvalue weighted by Crippen LogP contribution is 2.47. The van der Waals surface area contributed by atoms with E-state index >= 15 is 0 Å². The third kappa shape index (κ3) is 7.12. The molecule has 1 aliphatic rings. The maximum absolute atomic E-state index is 13.7. The van der Waals surface area contributed by atoms with Crippen molar-refractivity contribution in [2.75, 3.05) is 24.7 Å². The number of nitrogen functional groups attached to an aromatic ring is 1. The molecular formula is C26H37N6O8PS. The number of thioether (sulfide) groups is 1. The molecule has 6 N–H and O–H groups in total. The van der Waals surface area contributed by atoms with E-state index in [4.69, 9.17) is 19.5 Å². The van der Waals surface area contributed by atoms with Crippen LogP contribution in [0, 0.1) is 5.41 Å². The number of aromatic amines is 1. The van der Waals surface area contributed by atoms with Gasteiger partial charge in [-0.15, -0.1) is 0 Å². The lowest BCUT2D eigenvalue weighted by atomic mass is 9.92. The first-order valence-electron chi connectivity index (χ1n) is 13.4. The number of benzene rings is 1. The molecule has 0 amide bonds. The Bertz CT molecular complexity index is 1500. The van der Waals surface area contributed by atoms with Crippen molar-refractivity contribution in [1.29, 1.82) is 0 Å². The van der Waals surface area contributed by atoms with E-state index in [-0.39, 0.29) is 41.1 Å². The van der Waals surface area contributed by atoms with Crippen molar-refractivity contribution in [3.8, 4) is 0 Å². The second-order valence-electron chi connectivity index (χ2n) is 10.8. The first kappa shape index (κ1) is 32.3. The van der Waals surface area contributed by atoms with Gasteiger partial charge in [0, 0.05) is 17.7 Å². The molecule has 1 aliphatic heterocycles. The van der Waals surface area contributed by atoms with Crippen LogP contribution in [0.2, 0.25) is 0 Å². The van der Waals surface area contributed by atoms with E-state index in [2.05, 4.69) is 20.0 Å². The molecule has 0 spiro atoms. The van der Waals surface area contributed by atoms with Crippen LogP contribution in [0.5, 0.6) is 0 Å². The van der Waals surface area contributed by atoms with Gasteiger partial charge in [-0.25, -0.2) is 14.6 Å². The molecule has 0 bridgehead atoms. The number of imidazole rings is 1. The summed E-state index contributed by atoms with van der Waals surface area (Å²) in [7, 11) is -3.99. The Morgan fingerprint density at radius 2 is 2.05 bits per heavy atom. The second-order valence-corrected chi connectivity index (χ2v) is 13.7. The third-order valence-corrected chi connectivity index (χ3v) is 9.94. The van der Waals surface area contributed by atoms with Gasteiger partial charge in [0.05, 0.1) is 19.5 Å². The van der Waals surface area contributed by atoms with Crippen LogP contribution in [-0.4, -0.2) is 71.6 Å². The topological polar surface area (TPSA) is 204 Å². The SMILES string of the molecule is CCC(C)(C)C(=O)SCCOP(=O)(NCc1ccccc1)OC[C@H]1O[C@@H](n2cnc3c(=O)[nH]c(N)nc32)C(C)(O)[C@H]1O. The normalized spacial score (nSPS) is 24.2. The number of aliphatic hydroxyl groups is 2. The predicted molar refractivity (Wildman–Crippen MR) is 157 cm³/mol. The van der Waals surface area contributed by atoms with Crippen LogP contribution in [0.25, 0.3) is 11.2 Å². The smallest absolute Gasteiger partial charge is 0.387 e. The molecular weight excluding hydrogens is 587 g/mol. The number of nitrogens with two attached hydrogens (primary N) is 1. The summed E-state index contributed by atoms with van der Waals surface area (Å²) in [5, 5.41) is 25.0. The molecule has 42 heavy (non-hydrogen) atoms. The summed E-state index contributed by atoms with van der Waals surface area (Å²) in [4.78, 5) is 35.1. The Labute approximate surface area is 247 Å². The maximum Gasteiger partial charge on any atom is 0.405 e. The van der Waals surface area contributed by atoms with Gasteiger partial charge in [0.2, 0.25) is 5.95 Å². The first-order valence-corrected chi connectivity index (χ1v) is 15.9. The molecule has 1 saturated heterocycles. The molecule has 3 heterocycles. The molecule has 1 fully saturated rings. The lowest BCUT2D eigenvalue weighted by Crippen LogP contribution is -2.44. The predicted octanol–water partition coefficient (Wildman–Crippen LogP) is 2.34. The quantitative estimate of drug-likeness (QED) is 0.137. The number of rotatable bonds is 13. The molecule has 3 aromatic rings. The van der Waals surface area contributed by atoms with Crippen LogP contribution in [0.3, 0.4) is 0 Å². The minimum absolute atomic E-state index is 0.00242. The monoisotopic (exact) mass is 624 g/mol. The van der Waals surface area contributed by atoms with Crippen molar-refractivity contribution in [3.63, 3.8) is 0 Å². The summed E-state index contributed by atoms with van der Waals surface area (Å²) in [6.45, 7) is 6.70. The van der Waals surface area contributed by atoms with Crippen molar-refractivity contribution in [2.24, 2.45) is 5.41 Å². The van der Waals surface area contributed by atoms with E-state index in [1.54, 1.807) is 0 Å². The number of aromatic nitrogens is 4. The van der Waals surface area contributed by atoms with E-state index in [0.29, 0.717) is 6.42 Å². The van der Waals surface area contributed by atoms with Crippen molar-refractivity contribution in [1.82, 2.24) is 24.6 Å². The highest BCUT2D eigenvalue weighted by Gasteiger charge is 2.54. The molecule has 0 aliphatic carbocycles. The van der Waals surface area contributed by atoms with Crippen molar-refractivity contribution >= 4 is 41.7 Å². The Balaban J connectivity index is 1.46. The van der Waals surface area contributed by atoms with Crippen molar-refractivity contribution in [3.05, 3.63) is 52.6 Å². The Morgan fingerprint density at radius 1 is 1.33 bits per heavy atom. The minimum Gasteiger partial charge on any atom is -0.387 e. The van der Waals surface area contributed by atoms with Crippen molar-refractivity contribution < 1.29 is 33.4 Å². The number of ether oxygens (including phenoxy) is 1. The molecule has 16 heteroatoms. The molecule has 2 aromatic heterocycles. The van der Waals surface area contributed by atoms with Gasteiger partial charge in [0.15, 0.2) is 22.5 Å². The molecule has 1 aromatic carbocycles. The van der Waals surface area contributed by atoms with E-state index in [1.807, 2.05) is 51.1 Å². The van der Waals surface area contributed by atoms with E-state index < -0.39 is 49.4 Å². The first-order chi connectivity index (χ1) is 19.8. The third-order valence-electron chi connectivity index (χ3n) is 7.20. The van der Waals surface area contributed by atoms with Crippen molar-refractivity contribution in [2.45, 2.75) is 64.7 Å². The average molecular weight is 625 g/mol. The van der Waals surface area contributed by atoms with Crippen LogP contribution in [0.4, 0.5) is 5.95 Å². The molecule has 14 nitrogen and oxygen atoms in total. The zero-order valence-electron chi connectivity index (χ0n) is 23.9. The van der Waals surface area contributed by atoms with Gasteiger partial charge in [-0.05, 0) is 18.9 Å². The fourth-order valence-electron chi connectivity index (χ4n) is 4.21. The summed E-state index contributed by atoms with van der Waals surface area (Å²) in [6, 6.07) is 9.20. The molecule has 0 saturated carbocycles. The van der Waals surface area contributed by atoms with Gasteiger partial charge < -0.3 is 20.7 Å². The van der Waals surface area contributed by atoms with Crippen LogP contribution in [0.15, 0.2) is 41.5 Å². The number of nitrogens with one attached hydrogen (secondary N) is 2. The number of hydrogen-bond acceptors (Lipinski definition) is 12. The van der Waals surface area contributed by atoms with Crippen LogP contribution >= 0.6 is 19.5 Å². The molecule has 2 unspecified atom stereocenters. The number of hydrogen-bond donors (Lipinski definition) is 5. The van der Waals surface area contributed by atoms with Crippen LogP contribution in [0.1, 0.15) is 45.9 Å². The average Bonchev–Trinajstić information content (AvgIpc) is 3.47. The fraction of sp³-hybridized carbons (Fsp3) is 0.538. The number of carbonyl (C=O) groups is 1. The van der Waals surface area contributed by atoms with E-state index in [1.165, 1.54) is 17.8 Å². The minimum atomic E-state index is -3.99. The number of anilines is 1. The second kappa shape index (κ2) is 12.9. The van der Waals surface area contributed by atoms with Gasteiger partial charge in [-0.3, -0.25) is 28.2 Å². The molecule has 0 radical (unpaired) electrons. The molecule has 230 valence electrons. The summed E-state index contributed by atoms with van der Waals surface area (Å²) in [6.07, 6.45) is -1.95. The number of H-pyrrole nitrogens is 1. The van der Waals surface area contributed by atoms with Crippen LogP contribution < -0.4 is 16.4 Å². The zero-order chi connectivity index (χ0) is 30.7. The number of carbonyl (C=O) groups excluding carboxylic acids is 1. The number of fused-ring (bicyclic) bond motifs is 1. The Morgan fingerprint density at radius 3 is 2.74 bits per heavy atom. The number of aliphatic hydroxyl groups excluding tert-OH is 1. The van der Waals surface area contributed by atoms with E-state index in [0.717, 1.165) is 17.3 Å². The molecule has 4 rings (SSSR count). The summed E-state index contributed by atoms with van der Waals surface area (Å²) in [5.74, 6) is 0.0957. The van der Waals surface area contributed by atoms with E-state index in [9.17, 15) is 24.4 Å². The zero-order valence-corrected chi connectivity index (χ0v) is 25.6. The lowest BCUT2D eigenvalue weighted by Gasteiger charge is -2.27. The van der Waals surface area contributed by atoms with Crippen LogP contribution in [-0.2, 0) is 29.7 Å². The van der Waals surface area contributed by atoms with Gasteiger partial charge in [0.1, 0.15) is 17.8 Å². The van der Waals surface area contributed by atoms with Gasteiger partial charge in [0.25, 0.3) is 5.56 Å². The fourth-order valence-corrected chi connectivity index (χ4v) is 6.53. The highest BCUT2D eigenvalue weighted by molar-refractivity contribution is 8.13. The van der Waals surface area contributed by atoms with Gasteiger partial charge in [-0.1, -0.05) is 62.9 Å². The van der Waals surface area contributed by atoms with Gasteiger partial charge >= 0.3 is 7.75 Å². The Hall–Kier alpha value is -2.62. The Kier molecular flexibility index (Phi) is 9.95. The number of nitrogens with zero attached hydrogens (tertiary/aromatic N) is 3. The standard InChI is InChI=1S/C26H37N6O8PS/c1-5-25(2,3)23(35)42-12-11-38-41(37,29-13-16-9-7-6-8-10-16)39-14-17-19(33)26(4,36)22(40-17)32-15-28-18-20(32)30-24(27)31-21(18)34/h6-10,15,17,19,22,33,36H,5,11-14H2,1-4H3,(H,29,37)(H3,27,30,31,34)/t17-,19+,22-,26?,41?/m1/s1. The lowest BCUT2D eigenvalue weighted by molar-refractivity contribution is -0.118. The summed E-state index contributed by atoms with van der Waals surface area (Å²) < 4.78 is 32.3. The summed E-state index contributed by atoms with van der Waals surface area (Å²) >= 11 is 1.09. The largest absolute Gasteiger partial charge is 0.405 e. The van der Waals surface area contributed by atoms with Gasteiger partial charge in [-0.2, -0.15) is 4.98 Å². The maximum atomic E-state index is 13.7. The summed E-state index contributed by atoms with van der Waals surface area (Å²) in [5.41, 5.74) is 3.58.